The molecule has 5 rings (SSSR count). The van der Waals surface area contributed by atoms with Crippen molar-refractivity contribution >= 4 is 16.7 Å². The monoisotopic (exact) mass is 394 g/mol. The van der Waals surface area contributed by atoms with E-state index >= 15 is 0 Å². The second kappa shape index (κ2) is 7.62. The number of aromatic nitrogens is 3. The highest BCUT2D eigenvalue weighted by atomic mass is 19.1. The zero-order valence-electron chi connectivity index (χ0n) is 16.2. The van der Waals surface area contributed by atoms with Crippen molar-refractivity contribution in [2.45, 2.75) is 25.4 Å². The van der Waals surface area contributed by atoms with Gasteiger partial charge in [-0.1, -0.05) is 6.07 Å². The first kappa shape index (κ1) is 18.4. The first-order chi connectivity index (χ1) is 14.2. The summed E-state index contributed by atoms with van der Waals surface area (Å²) in [4.78, 5) is 16.0. The van der Waals surface area contributed by atoms with Crippen molar-refractivity contribution in [3.05, 3.63) is 48.2 Å². The highest BCUT2D eigenvalue weighted by Gasteiger charge is 2.25. The molecule has 2 aliphatic rings. The molecule has 2 N–H and O–H groups in total. The van der Waals surface area contributed by atoms with Crippen LogP contribution in [0.4, 0.5) is 10.2 Å². The first-order valence-electron chi connectivity index (χ1n) is 9.96. The standard InChI is InChI=1S/C21H23FN6O/c1-13-12-29-10-9-28(13)19-11-15(16-3-2-4-18(22)25-16)14-5-7-23-21(20(14)26-19)17-6-8-24-27-17/h2-5,7,11,13,17,24,27H,6,8-10,12H2,1H3/t13-,17?/m1/s1. The van der Waals surface area contributed by atoms with Gasteiger partial charge in [0.1, 0.15) is 5.82 Å². The van der Waals surface area contributed by atoms with E-state index in [1.165, 1.54) is 6.07 Å². The number of nitrogens with one attached hydrogen (secondary N) is 2. The molecule has 0 radical (unpaired) electrons. The number of hydrogen-bond donors (Lipinski definition) is 2. The molecule has 0 aliphatic carbocycles. The van der Waals surface area contributed by atoms with Crippen molar-refractivity contribution in [1.29, 1.82) is 0 Å². The van der Waals surface area contributed by atoms with Gasteiger partial charge in [-0.25, -0.2) is 15.4 Å². The van der Waals surface area contributed by atoms with Crippen LogP contribution in [0.15, 0.2) is 36.5 Å². The van der Waals surface area contributed by atoms with Crippen LogP contribution >= 0.6 is 0 Å². The van der Waals surface area contributed by atoms with Crippen LogP contribution in [0.5, 0.6) is 0 Å². The van der Waals surface area contributed by atoms with Gasteiger partial charge in [0.25, 0.3) is 0 Å². The lowest BCUT2D eigenvalue weighted by molar-refractivity contribution is 0.0986. The molecular formula is C21H23FN6O. The molecule has 3 aromatic rings. The van der Waals surface area contributed by atoms with Crippen LogP contribution in [-0.2, 0) is 4.74 Å². The molecule has 0 aromatic carbocycles. The minimum Gasteiger partial charge on any atom is -0.377 e. The molecule has 8 heteroatoms. The van der Waals surface area contributed by atoms with E-state index in [9.17, 15) is 4.39 Å². The normalized spacial score (nSPS) is 22.3. The number of ether oxygens (including phenoxy) is 1. The zero-order valence-corrected chi connectivity index (χ0v) is 16.2. The van der Waals surface area contributed by atoms with Crippen LogP contribution in [0.3, 0.4) is 0 Å². The van der Waals surface area contributed by atoms with E-state index in [-0.39, 0.29) is 12.1 Å². The van der Waals surface area contributed by atoms with Gasteiger partial charge in [0, 0.05) is 30.2 Å². The third-order valence-corrected chi connectivity index (χ3v) is 5.56. The van der Waals surface area contributed by atoms with Crippen LogP contribution in [-0.4, -0.2) is 47.3 Å². The fourth-order valence-electron chi connectivity index (χ4n) is 4.09. The van der Waals surface area contributed by atoms with E-state index in [0.717, 1.165) is 47.5 Å². The quantitative estimate of drug-likeness (QED) is 0.662. The largest absolute Gasteiger partial charge is 0.377 e. The van der Waals surface area contributed by atoms with Crippen LogP contribution in [0.1, 0.15) is 25.1 Å². The summed E-state index contributed by atoms with van der Waals surface area (Å²) in [6.45, 7) is 5.07. The molecule has 5 heterocycles. The number of rotatable bonds is 3. The number of anilines is 1. The summed E-state index contributed by atoms with van der Waals surface area (Å²) in [7, 11) is 0. The maximum Gasteiger partial charge on any atom is 0.213 e. The molecular weight excluding hydrogens is 371 g/mol. The van der Waals surface area contributed by atoms with Gasteiger partial charge in [0.15, 0.2) is 0 Å². The second-order valence-electron chi connectivity index (χ2n) is 7.50. The van der Waals surface area contributed by atoms with E-state index in [1.807, 2.05) is 18.2 Å². The summed E-state index contributed by atoms with van der Waals surface area (Å²) in [6, 6.07) is 9.11. The fourth-order valence-corrected chi connectivity index (χ4v) is 4.09. The third kappa shape index (κ3) is 3.43. The molecule has 0 saturated carbocycles. The lowest BCUT2D eigenvalue weighted by atomic mass is 10.0. The Hall–Kier alpha value is -2.68. The average Bonchev–Trinajstić information content (AvgIpc) is 3.27. The molecule has 2 aliphatic heterocycles. The van der Waals surface area contributed by atoms with Gasteiger partial charge in [0.05, 0.1) is 42.2 Å². The van der Waals surface area contributed by atoms with Gasteiger partial charge in [-0.3, -0.25) is 10.4 Å². The number of halogens is 1. The highest BCUT2D eigenvalue weighted by molar-refractivity contribution is 5.96. The van der Waals surface area contributed by atoms with Crippen molar-refractivity contribution in [3.8, 4) is 11.3 Å². The lowest BCUT2D eigenvalue weighted by Gasteiger charge is -2.34. The van der Waals surface area contributed by atoms with E-state index in [0.29, 0.717) is 18.9 Å². The number of morpholine rings is 1. The van der Waals surface area contributed by atoms with Crippen LogP contribution < -0.4 is 15.8 Å². The zero-order chi connectivity index (χ0) is 19.8. The molecule has 2 saturated heterocycles. The van der Waals surface area contributed by atoms with Crippen LogP contribution in [0.25, 0.3) is 22.2 Å². The molecule has 150 valence electrons. The van der Waals surface area contributed by atoms with E-state index in [1.54, 1.807) is 12.3 Å². The molecule has 7 nitrogen and oxygen atoms in total. The van der Waals surface area contributed by atoms with E-state index < -0.39 is 5.95 Å². The third-order valence-electron chi connectivity index (χ3n) is 5.56. The summed E-state index contributed by atoms with van der Waals surface area (Å²) < 4.78 is 19.5. The smallest absolute Gasteiger partial charge is 0.213 e. The molecule has 29 heavy (non-hydrogen) atoms. The topological polar surface area (TPSA) is 75.2 Å². The Balaban J connectivity index is 1.74. The Labute approximate surface area is 168 Å². The van der Waals surface area contributed by atoms with Crippen molar-refractivity contribution in [3.63, 3.8) is 0 Å². The number of pyridine rings is 3. The van der Waals surface area contributed by atoms with Crippen molar-refractivity contribution in [1.82, 2.24) is 25.8 Å². The fraction of sp³-hybridized carbons (Fsp3) is 0.381. The van der Waals surface area contributed by atoms with Gasteiger partial charge in [-0.2, -0.15) is 4.39 Å². The van der Waals surface area contributed by atoms with Crippen LogP contribution in [0.2, 0.25) is 0 Å². The number of hydrazine groups is 1. The summed E-state index contributed by atoms with van der Waals surface area (Å²) in [5, 5.41) is 0.923. The maximum absolute atomic E-state index is 13.9. The molecule has 0 amide bonds. The Morgan fingerprint density at radius 1 is 1.24 bits per heavy atom. The van der Waals surface area contributed by atoms with Crippen molar-refractivity contribution < 1.29 is 9.13 Å². The minimum atomic E-state index is -0.496. The van der Waals surface area contributed by atoms with E-state index in [4.69, 9.17) is 9.72 Å². The molecule has 1 unspecified atom stereocenters. The molecule has 2 fully saturated rings. The molecule has 0 bridgehead atoms. The summed E-state index contributed by atoms with van der Waals surface area (Å²) in [5.74, 6) is 0.347. The SMILES string of the molecule is C[C@@H]1COCCN1c1cc(-c2cccc(F)n2)c2ccnc(C3CCNN3)c2n1. The maximum atomic E-state index is 13.9. The Bertz CT molecular complexity index is 1040. The highest BCUT2D eigenvalue weighted by Crippen LogP contribution is 2.34. The summed E-state index contributed by atoms with van der Waals surface area (Å²) in [5.41, 5.74) is 9.62. The molecule has 0 spiro atoms. The van der Waals surface area contributed by atoms with Gasteiger partial charge in [0.2, 0.25) is 5.95 Å². The molecule has 3 aromatic heterocycles. The Morgan fingerprint density at radius 3 is 2.97 bits per heavy atom. The van der Waals surface area contributed by atoms with Crippen molar-refractivity contribution in [2.24, 2.45) is 0 Å². The Kier molecular flexibility index (Phi) is 4.83. The first-order valence-corrected chi connectivity index (χ1v) is 9.96. The predicted molar refractivity (Wildman–Crippen MR) is 109 cm³/mol. The predicted octanol–water partition coefficient (Wildman–Crippen LogP) is 2.59. The Morgan fingerprint density at radius 2 is 2.17 bits per heavy atom. The van der Waals surface area contributed by atoms with Gasteiger partial charge in [-0.15, -0.1) is 0 Å². The van der Waals surface area contributed by atoms with E-state index in [2.05, 4.69) is 32.6 Å². The number of nitrogens with zero attached hydrogens (tertiary/aromatic N) is 4. The second-order valence-corrected chi connectivity index (χ2v) is 7.50. The number of fused-ring (bicyclic) bond motifs is 1. The lowest BCUT2D eigenvalue weighted by Crippen LogP contribution is -2.44. The summed E-state index contributed by atoms with van der Waals surface area (Å²) in [6.07, 6.45) is 2.72. The average molecular weight is 394 g/mol. The molecule has 2 atom stereocenters. The number of hydrogen-bond acceptors (Lipinski definition) is 7. The van der Waals surface area contributed by atoms with Crippen LogP contribution in [0, 0.1) is 5.95 Å². The van der Waals surface area contributed by atoms with Crippen molar-refractivity contribution in [2.75, 3.05) is 31.2 Å². The minimum absolute atomic E-state index is 0.0804. The van der Waals surface area contributed by atoms with Gasteiger partial charge >= 0.3 is 0 Å². The van der Waals surface area contributed by atoms with Gasteiger partial charge in [-0.05, 0) is 37.6 Å². The van der Waals surface area contributed by atoms with Gasteiger partial charge < -0.3 is 9.64 Å². The summed E-state index contributed by atoms with van der Waals surface area (Å²) >= 11 is 0.